The second-order valence-corrected chi connectivity index (χ2v) is 10.3. The van der Waals surface area contributed by atoms with E-state index in [2.05, 4.69) is 0 Å². The molecule has 2 heterocycles. The number of allylic oxidation sites excluding steroid dienone is 1. The number of ether oxygens (including phenoxy) is 4. The van der Waals surface area contributed by atoms with Gasteiger partial charge in [-0.1, -0.05) is 103 Å². The summed E-state index contributed by atoms with van der Waals surface area (Å²) in [4.78, 5) is 52.8. The molecule has 3 aromatic rings. The zero-order valence-corrected chi connectivity index (χ0v) is 24.3. The quantitative estimate of drug-likeness (QED) is 0.124. The fraction of sp³-hybridized carbons (Fsp3) is 0.235. The minimum atomic E-state index is -1.37. The largest absolute Gasteiger partial charge is 0.510 e. The molecule has 2 amide bonds. The van der Waals surface area contributed by atoms with Crippen LogP contribution in [0, 0.1) is 0 Å². The lowest BCUT2D eigenvalue weighted by Crippen LogP contribution is -2.53. The molecule has 0 aliphatic carbocycles. The first-order chi connectivity index (χ1) is 21.9. The van der Waals surface area contributed by atoms with Gasteiger partial charge in [-0.25, -0.2) is 14.4 Å². The van der Waals surface area contributed by atoms with Gasteiger partial charge in [0.05, 0.1) is 12.0 Å². The highest BCUT2D eigenvalue weighted by molar-refractivity contribution is 5.89. The number of carbonyl (C=O) groups is 4. The molecule has 11 heteroatoms. The van der Waals surface area contributed by atoms with Crippen LogP contribution >= 0.6 is 0 Å². The lowest BCUT2D eigenvalue weighted by atomic mass is 10.1. The molecule has 3 aromatic carbocycles. The molecule has 11 nitrogen and oxygen atoms in total. The van der Waals surface area contributed by atoms with Crippen molar-refractivity contribution >= 4 is 24.1 Å². The molecular formula is C34H32N2O9. The van der Waals surface area contributed by atoms with Crippen LogP contribution < -0.4 is 0 Å². The molecule has 1 N–H and O–H groups in total. The van der Waals surface area contributed by atoms with Crippen molar-refractivity contribution in [3.63, 3.8) is 0 Å². The summed E-state index contributed by atoms with van der Waals surface area (Å²) in [6, 6.07) is 27.7. The summed E-state index contributed by atoms with van der Waals surface area (Å²) in [5.41, 5.74) is 2.27. The van der Waals surface area contributed by atoms with E-state index < -0.39 is 30.7 Å². The van der Waals surface area contributed by atoms with E-state index in [9.17, 15) is 24.3 Å². The standard InChI is InChI=1S/C34H32N2O9/c37-28-20-29-36(28)31(45-34(41)43-23-26-16-8-3-9-17-26)30(44-29)27(32(38)39)18-10-11-19-35(21-24-12-4-1-5-13-24)33(40)42-22-25-14-6-2-7-15-25/h1-17,29,31H,18-23H2,(H,38,39)/t29-,31?/m1/s1. The average molecular weight is 613 g/mol. The number of aliphatic carboxylic acids is 1. The van der Waals surface area contributed by atoms with Gasteiger partial charge in [-0.2, -0.15) is 0 Å². The molecule has 232 valence electrons. The van der Waals surface area contributed by atoms with E-state index in [1.165, 1.54) is 9.80 Å². The number of amides is 2. The van der Waals surface area contributed by atoms with Crippen LogP contribution in [0.2, 0.25) is 0 Å². The molecular weight excluding hydrogens is 580 g/mol. The zero-order valence-electron chi connectivity index (χ0n) is 24.3. The lowest BCUT2D eigenvalue weighted by Gasteiger charge is -2.33. The molecule has 0 spiro atoms. The smallest absolute Gasteiger partial charge is 0.478 e. The number of fused-ring (bicyclic) bond motifs is 1. The summed E-state index contributed by atoms with van der Waals surface area (Å²) in [6.45, 7) is 0.442. The average Bonchev–Trinajstić information content (AvgIpc) is 3.33. The third-order valence-electron chi connectivity index (χ3n) is 7.14. The van der Waals surface area contributed by atoms with Gasteiger partial charge in [0.2, 0.25) is 12.1 Å². The Morgan fingerprint density at radius 1 is 0.844 bits per heavy atom. The molecule has 2 aliphatic rings. The van der Waals surface area contributed by atoms with Gasteiger partial charge in [-0.05, 0) is 16.7 Å². The van der Waals surface area contributed by atoms with Crippen molar-refractivity contribution in [3.8, 4) is 0 Å². The highest BCUT2D eigenvalue weighted by Crippen LogP contribution is 2.39. The van der Waals surface area contributed by atoms with Crippen LogP contribution in [-0.4, -0.2) is 58.0 Å². The molecule has 2 atom stereocenters. The van der Waals surface area contributed by atoms with E-state index in [0.29, 0.717) is 0 Å². The summed E-state index contributed by atoms with van der Waals surface area (Å²) < 4.78 is 21.9. The lowest BCUT2D eigenvalue weighted by molar-refractivity contribution is -0.165. The number of carboxylic acids is 1. The normalized spacial score (nSPS) is 18.0. The molecule has 2 aliphatic heterocycles. The van der Waals surface area contributed by atoms with Gasteiger partial charge in [0.25, 0.3) is 0 Å². The van der Waals surface area contributed by atoms with E-state index in [-0.39, 0.29) is 56.4 Å². The number of carboxylic acid groups (broad SMARTS) is 1. The molecule has 2 saturated heterocycles. The van der Waals surface area contributed by atoms with Crippen LogP contribution in [0.5, 0.6) is 0 Å². The summed E-state index contributed by atoms with van der Waals surface area (Å²) in [5.74, 6) is -1.80. The van der Waals surface area contributed by atoms with Crippen molar-refractivity contribution in [2.75, 3.05) is 6.54 Å². The third-order valence-corrected chi connectivity index (χ3v) is 7.14. The van der Waals surface area contributed by atoms with E-state index >= 15 is 0 Å². The zero-order chi connectivity index (χ0) is 31.6. The monoisotopic (exact) mass is 612 g/mol. The fourth-order valence-corrected chi connectivity index (χ4v) is 4.80. The van der Waals surface area contributed by atoms with Crippen LogP contribution in [0.4, 0.5) is 9.59 Å². The van der Waals surface area contributed by atoms with Crippen molar-refractivity contribution in [2.24, 2.45) is 0 Å². The van der Waals surface area contributed by atoms with Crippen LogP contribution in [0.25, 0.3) is 0 Å². The van der Waals surface area contributed by atoms with Crippen molar-refractivity contribution in [3.05, 3.63) is 131 Å². The van der Waals surface area contributed by atoms with Gasteiger partial charge in [0, 0.05) is 19.5 Å². The minimum Gasteiger partial charge on any atom is -0.478 e. The van der Waals surface area contributed by atoms with Gasteiger partial charge < -0.3 is 29.0 Å². The maximum Gasteiger partial charge on any atom is 0.510 e. The second-order valence-electron chi connectivity index (χ2n) is 10.3. The number of benzene rings is 3. The van der Waals surface area contributed by atoms with Gasteiger partial charge in [0.1, 0.15) is 13.2 Å². The van der Waals surface area contributed by atoms with E-state index in [1.54, 1.807) is 36.4 Å². The van der Waals surface area contributed by atoms with Crippen molar-refractivity contribution in [2.45, 2.75) is 45.1 Å². The maximum atomic E-state index is 13.0. The number of hydrogen-bond acceptors (Lipinski definition) is 8. The van der Waals surface area contributed by atoms with Gasteiger partial charge in [-0.15, -0.1) is 0 Å². The third kappa shape index (κ3) is 8.08. The number of β-lactam (4-membered cyclic amide) rings is 1. The summed E-state index contributed by atoms with van der Waals surface area (Å²) in [5, 5.41) is 10.0. The van der Waals surface area contributed by atoms with E-state index in [1.807, 2.05) is 66.7 Å². The molecule has 0 radical (unpaired) electrons. The van der Waals surface area contributed by atoms with E-state index in [4.69, 9.17) is 18.9 Å². The van der Waals surface area contributed by atoms with Gasteiger partial charge >= 0.3 is 18.2 Å². The number of nitrogens with zero attached hydrogens (tertiary/aromatic N) is 2. The molecule has 0 bridgehead atoms. The van der Waals surface area contributed by atoms with Crippen molar-refractivity contribution in [1.29, 1.82) is 0 Å². The number of rotatable bonds is 12. The molecule has 5 rings (SSSR count). The summed E-state index contributed by atoms with van der Waals surface area (Å²) in [7, 11) is 0. The van der Waals surface area contributed by atoms with Crippen LogP contribution in [0.15, 0.2) is 114 Å². The van der Waals surface area contributed by atoms with Crippen LogP contribution in [0.1, 0.15) is 29.5 Å². The second kappa shape index (κ2) is 14.7. The van der Waals surface area contributed by atoms with Crippen molar-refractivity contribution < 1.29 is 43.2 Å². The summed E-state index contributed by atoms with van der Waals surface area (Å²) in [6.07, 6.45) is -0.592. The molecule has 2 fully saturated rings. The highest BCUT2D eigenvalue weighted by Gasteiger charge is 2.54. The maximum absolute atomic E-state index is 13.0. The number of hydrogen-bond donors (Lipinski definition) is 1. The molecule has 0 aromatic heterocycles. The Kier molecular flexibility index (Phi) is 10.1. The first kappa shape index (κ1) is 30.9. The Balaban J connectivity index is 1.26. The van der Waals surface area contributed by atoms with Crippen molar-refractivity contribution in [1.82, 2.24) is 9.80 Å². The minimum absolute atomic E-state index is 0.0324. The highest BCUT2D eigenvalue weighted by atomic mass is 16.7. The Hall–Kier alpha value is -5.58. The van der Waals surface area contributed by atoms with Crippen LogP contribution in [0.3, 0.4) is 0 Å². The Morgan fingerprint density at radius 2 is 1.42 bits per heavy atom. The van der Waals surface area contributed by atoms with E-state index in [0.717, 1.165) is 16.7 Å². The molecule has 0 saturated carbocycles. The SMILES string of the molecule is O=C(OCc1ccccc1)OC1C(=C(CC=CCN(Cc2ccccc2)C(=O)OCc2ccccc2)C(=O)O)O[C@@H]2CC(=O)N12. The fourth-order valence-electron chi connectivity index (χ4n) is 4.80. The molecule has 1 unspecified atom stereocenters. The van der Waals surface area contributed by atoms with Gasteiger partial charge in [-0.3, -0.25) is 9.69 Å². The topological polar surface area (TPSA) is 132 Å². The summed E-state index contributed by atoms with van der Waals surface area (Å²) >= 11 is 0. The Morgan fingerprint density at radius 3 is 2.00 bits per heavy atom. The van der Waals surface area contributed by atoms with Gasteiger partial charge in [0.15, 0.2) is 12.0 Å². The Bertz CT molecular complexity index is 1560. The first-order valence-electron chi connectivity index (χ1n) is 14.3. The molecule has 45 heavy (non-hydrogen) atoms. The predicted molar refractivity (Wildman–Crippen MR) is 160 cm³/mol. The number of carbonyl (C=O) groups excluding carboxylic acids is 3. The Labute approximate surface area is 259 Å². The first-order valence-corrected chi connectivity index (χ1v) is 14.3. The van der Waals surface area contributed by atoms with Crippen LogP contribution in [-0.2, 0) is 48.3 Å². The predicted octanol–water partition coefficient (Wildman–Crippen LogP) is 5.38.